The highest BCUT2D eigenvalue weighted by atomic mass is 32.2. The molecular formula is C8H8N2O2S. The Morgan fingerprint density at radius 2 is 2.38 bits per heavy atom. The predicted octanol–water partition coefficient (Wildman–Crippen LogP) is 2.16. The van der Waals surface area contributed by atoms with Crippen molar-refractivity contribution in [3.05, 3.63) is 23.2 Å². The van der Waals surface area contributed by atoms with Crippen LogP contribution in [-0.4, -0.2) is 17.0 Å². The first-order chi connectivity index (χ1) is 6.36. The van der Waals surface area contributed by atoms with Crippen molar-refractivity contribution in [2.45, 2.75) is 11.4 Å². The van der Waals surface area contributed by atoms with E-state index in [9.17, 15) is 9.70 Å². The summed E-state index contributed by atoms with van der Waals surface area (Å²) in [6.07, 6.45) is 2.80. The molecule has 0 aliphatic carbocycles. The highest BCUT2D eigenvalue weighted by Gasteiger charge is 1.95. The van der Waals surface area contributed by atoms with Crippen molar-refractivity contribution in [3.8, 4) is 0 Å². The lowest BCUT2D eigenvalue weighted by molar-refractivity contribution is -0.107. The highest BCUT2D eigenvalue weighted by molar-refractivity contribution is 7.99. The minimum absolute atomic E-state index is 0.319. The van der Waals surface area contributed by atoms with Crippen molar-refractivity contribution >= 4 is 23.7 Å². The van der Waals surface area contributed by atoms with Crippen LogP contribution in [-0.2, 0) is 4.79 Å². The minimum Gasteiger partial charge on any atom is -0.303 e. The van der Waals surface area contributed by atoms with Crippen LogP contribution in [0.4, 0.5) is 5.69 Å². The standard InChI is InChI=1S/C8H8N2O2S/c11-4-1-5-13-8-3-2-7(10-12)6-9-8/h2-4,6H,1,5H2. The maximum atomic E-state index is 10.0. The van der Waals surface area contributed by atoms with Gasteiger partial charge in [0.05, 0.1) is 11.2 Å². The second-order valence-electron chi connectivity index (χ2n) is 2.25. The van der Waals surface area contributed by atoms with E-state index in [-0.39, 0.29) is 0 Å². The van der Waals surface area contributed by atoms with Crippen molar-refractivity contribution in [2.75, 3.05) is 5.75 Å². The van der Waals surface area contributed by atoms with Gasteiger partial charge in [0.1, 0.15) is 12.0 Å². The lowest BCUT2D eigenvalue weighted by Gasteiger charge is -1.96. The summed E-state index contributed by atoms with van der Waals surface area (Å²) < 4.78 is 0. The van der Waals surface area contributed by atoms with Crippen LogP contribution in [0, 0.1) is 4.91 Å². The van der Waals surface area contributed by atoms with Gasteiger partial charge in [-0.3, -0.25) is 0 Å². The van der Waals surface area contributed by atoms with E-state index in [1.54, 1.807) is 12.1 Å². The third-order valence-corrected chi connectivity index (χ3v) is 2.29. The van der Waals surface area contributed by atoms with E-state index in [0.29, 0.717) is 17.9 Å². The van der Waals surface area contributed by atoms with Crippen LogP contribution in [0.25, 0.3) is 0 Å². The summed E-state index contributed by atoms with van der Waals surface area (Å²) in [5, 5.41) is 3.53. The Morgan fingerprint density at radius 1 is 1.54 bits per heavy atom. The van der Waals surface area contributed by atoms with Crippen molar-refractivity contribution in [2.24, 2.45) is 5.18 Å². The minimum atomic E-state index is 0.319. The summed E-state index contributed by atoms with van der Waals surface area (Å²) in [5.74, 6) is 0.713. The summed E-state index contributed by atoms with van der Waals surface area (Å²) in [6, 6.07) is 3.31. The molecule has 0 N–H and O–H groups in total. The molecule has 13 heavy (non-hydrogen) atoms. The lowest BCUT2D eigenvalue weighted by atomic mass is 10.4. The molecule has 0 radical (unpaired) electrons. The molecule has 5 heteroatoms. The van der Waals surface area contributed by atoms with Crippen LogP contribution in [0.5, 0.6) is 0 Å². The molecule has 1 aromatic rings. The number of rotatable bonds is 5. The Bertz CT molecular complexity index is 287. The topological polar surface area (TPSA) is 59.4 Å². The number of nitrogens with zero attached hydrogens (tertiary/aromatic N) is 2. The zero-order chi connectivity index (χ0) is 9.52. The number of thioether (sulfide) groups is 1. The number of carbonyl (C=O) groups excluding carboxylic acids is 1. The van der Waals surface area contributed by atoms with E-state index in [1.165, 1.54) is 18.0 Å². The number of aromatic nitrogens is 1. The first-order valence-corrected chi connectivity index (χ1v) is 4.71. The number of hydrogen-bond donors (Lipinski definition) is 0. The number of aldehydes is 1. The zero-order valence-corrected chi connectivity index (χ0v) is 7.66. The fraction of sp³-hybridized carbons (Fsp3) is 0.250. The highest BCUT2D eigenvalue weighted by Crippen LogP contribution is 2.18. The SMILES string of the molecule is O=CCCSc1ccc(N=O)cn1. The third-order valence-electron chi connectivity index (χ3n) is 1.31. The molecule has 0 atom stereocenters. The smallest absolute Gasteiger partial charge is 0.126 e. The second-order valence-corrected chi connectivity index (χ2v) is 3.36. The van der Waals surface area contributed by atoms with Gasteiger partial charge in [0.25, 0.3) is 0 Å². The molecule has 0 spiro atoms. The van der Waals surface area contributed by atoms with Crippen molar-refractivity contribution in [1.82, 2.24) is 4.98 Å². The van der Waals surface area contributed by atoms with Crippen molar-refractivity contribution < 1.29 is 4.79 Å². The van der Waals surface area contributed by atoms with E-state index < -0.39 is 0 Å². The van der Waals surface area contributed by atoms with Gasteiger partial charge in [0.2, 0.25) is 0 Å². The Kier molecular flexibility index (Phi) is 4.11. The van der Waals surface area contributed by atoms with E-state index in [4.69, 9.17) is 0 Å². The fourth-order valence-electron chi connectivity index (χ4n) is 0.723. The van der Waals surface area contributed by atoms with Crippen LogP contribution in [0.2, 0.25) is 0 Å². The molecule has 1 aromatic heterocycles. The van der Waals surface area contributed by atoms with Crippen LogP contribution in [0.3, 0.4) is 0 Å². The quantitative estimate of drug-likeness (QED) is 0.313. The summed E-state index contributed by atoms with van der Waals surface area (Å²) in [5.41, 5.74) is 0.319. The molecule has 4 nitrogen and oxygen atoms in total. The maximum Gasteiger partial charge on any atom is 0.126 e. The first-order valence-electron chi connectivity index (χ1n) is 3.72. The summed E-state index contributed by atoms with van der Waals surface area (Å²) in [7, 11) is 0. The molecule has 0 fully saturated rings. The lowest BCUT2D eigenvalue weighted by Crippen LogP contribution is -1.82. The van der Waals surface area contributed by atoms with Gasteiger partial charge in [-0.2, -0.15) is 0 Å². The van der Waals surface area contributed by atoms with Crippen molar-refractivity contribution in [1.29, 1.82) is 0 Å². The largest absolute Gasteiger partial charge is 0.303 e. The average Bonchev–Trinajstić information content (AvgIpc) is 2.19. The van der Waals surface area contributed by atoms with Gasteiger partial charge in [0.15, 0.2) is 0 Å². The van der Waals surface area contributed by atoms with Crippen LogP contribution < -0.4 is 0 Å². The molecule has 0 saturated heterocycles. The normalized spacial score (nSPS) is 9.54. The first kappa shape index (κ1) is 9.85. The average molecular weight is 196 g/mol. The summed E-state index contributed by atoms with van der Waals surface area (Å²) >= 11 is 1.48. The fourth-order valence-corrected chi connectivity index (χ4v) is 1.44. The molecule has 0 amide bonds. The molecule has 0 bridgehead atoms. The van der Waals surface area contributed by atoms with Crippen LogP contribution in [0.1, 0.15) is 6.42 Å². The molecule has 0 aliphatic rings. The maximum absolute atomic E-state index is 10.0. The molecule has 1 heterocycles. The van der Waals surface area contributed by atoms with Gasteiger partial charge in [-0.1, -0.05) is 0 Å². The van der Waals surface area contributed by atoms with Crippen LogP contribution >= 0.6 is 11.8 Å². The second kappa shape index (κ2) is 5.42. The summed E-state index contributed by atoms with van der Waals surface area (Å²) in [4.78, 5) is 24.0. The molecule has 1 rings (SSSR count). The summed E-state index contributed by atoms with van der Waals surface area (Å²) in [6.45, 7) is 0. The molecule has 0 aromatic carbocycles. The number of hydrogen-bond acceptors (Lipinski definition) is 5. The molecular weight excluding hydrogens is 188 g/mol. The van der Waals surface area contributed by atoms with Gasteiger partial charge in [-0.25, -0.2) is 4.98 Å². The number of carbonyl (C=O) groups is 1. The predicted molar refractivity (Wildman–Crippen MR) is 51.1 cm³/mol. The Hall–Kier alpha value is -1.23. The van der Waals surface area contributed by atoms with Gasteiger partial charge in [0, 0.05) is 12.2 Å². The van der Waals surface area contributed by atoms with Crippen LogP contribution in [0.15, 0.2) is 28.5 Å². The van der Waals surface area contributed by atoms with Crippen molar-refractivity contribution in [3.63, 3.8) is 0 Å². The Morgan fingerprint density at radius 3 is 2.92 bits per heavy atom. The van der Waals surface area contributed by atoms with E-state index in [0.717, 1.165) is 11.3 Å². The molecule has 68 valence electrons. The van der Waals surface area contributed by atoms with Gasteiger partial charge >= 0.3 is 0 Å². The van der Waals surface area contributed by atoms with E-state index in [2.05, 4.69) is 10.2 Å². The van der Waals surface area contributed by atoms with Gasteiger partial charge in [-0.15, -0.1) is 16.7 Å². The number of nitroso groups, excluding NO2 is 1. The zero-order valence-electron chi connectivity index (χ0n) is 6.84. The van der Waals surface area contributed by atoms with Gasteiger partial charge < -0.3 is 4.79 Å². The van der Waals surface area contributed by atoms with E-state index in [1.807, 2.05) is 0 Å². The Balaban J connectivity index is 2.48. The molecule has 0 saturated carbocycles. The Labute approximate surface area is 79.7 Å². The molecule has 0 unspecified atom stereocenters. The molecule has 0 aliphatic heterocycles. The third kappa shape index (κ3) is 3.33. The van der Waals surface area contributed by atoms with E-state index >= 15 is 0 Å². The van der Waals surface area contributed by atoms with Gasteiger partial charge in [-0.05, 0) is 17.3 Å². The monoisotopic (exact) mass is 196 g/mol. The number of pyridine rings is 1.